The number of hydrogen-bond donors (Lipinski definition) is 0. The molecule has 1 heterocycles. The van der Waals surface area contributed by atoms with Crippen LogP contribution in [-0.4, -0.2) is 10.9 Å². The van der Waals surface area contributed by atoms with Crippen LogP contribution >= 0.6 is 22.9 Å². The lowest BCUT2D eigenvalue weighted by molar-refractivity contribution is -0.121. The van der Waals surface area contributed by atoms with Crippen molar-refractivity contribution in [1.29, 1.82) is 0 Å². The molecule has 3 aromatic rings. The number of nitrogens with zero attached hydrogens (tertiary/aromatic N) is 2. The molecule has 1 aliphatic rings. The predicted molar refractivity (Wildman–Crippen MR) is 100 cm³/mol. The van der Waals surface area contributed by atoms with E-state index >= 15 is 0 Å². The fourth-order valence-electron chi connectivity index (χ4n) is 3.23. The first-order valence-electron chi connectivity index (χ1n) is 8.17. The maximum absolute atomic E-state index is 13.2. The zero-order valence-electron chi connectivity index (χ0n) is 13.1. The number of anilines is 2. The van der Waals surface area contributed by atoms with Gasteiger partial charge >= 0.3 is 0 Å². The minimum atomic E-state index is 0.0905. The fraction of sp³-hybridized carbons (Fsp3) is 0.263. The Morgan fingerprint density at radius 3 is 2.50 bits per heavy atom. The van der Waals surface area contributed by atoms with Crippen LogP contribution in [0.5, 0.6) is 0 Å². The number of amides is 1. The summed E-state index contributed by atoms with van der Waals surface area (Å²) >= 11 is 7.57. The molecule has 0 atom stereocenters. The van der Waals surface area contributed by atoms with Gasteiger partial charge in [0.1, 0.15) is 0 Å². The summed E-state index contributed by atoms with van der Waals surface area (Å²) in [6.07, 6.45) is 4.19. The van der Waals surface area contributed by atoms with E-state index in [4.69, 9.17) is 16.6 Å². The summed E-state index contributed by atoms with van der Waals surface area (Å²) in [6.45, 7) is 0. The zero-order chi connectivity index (χ0) is 16.5. The van der Waals surface area contributed by atoms with Crippen LogP contribution in [0.3, 0.4) is 0 Å². The minimum absolute atomic E-state index is 0.0905. The monoisotopic (exact) mass is 356 g/mol. The SMILES string of the molecule is O=C(C1CCCC1)N(c1ccc(Cl)cc1)c1nc2ccccc2s1. The van der Waals surface area contributed by atoms with Gasteiger partial charge in [-0.25, -0.2) is 4.98 Å². The van der Waals surface area contributed by atoms with Gasteiger partial charge in [-0.2, -0.15) is 0 Å². The van der Waals surface area contributed by atoms with Gasteiger partial charge in [-0.15, -0.1) is 0 Å². The normalized spacial score (nSPS) is 15.0. The van der Waals surface area contributed by atoms with Crippen molar-refractivity contribution in [3.05, 3.63) is 53.6 Å². The predicted octanol–water partition coefficient (Wildman–Crippen LogP) is 5.80. The maximum atomic E-state index is 13.2. The average Bonchev–Trinajstić information content (AvgIpc) is 3.26. The molecule has 1 aromatic heterocycles. The molecule has 1 fully saturated rings. The molecule has 0 aliphatic heterocycles. The van der Waals surface area contributed by atoms with Gasteiger partial charge in [0.05, 0.1) is 15.9 Å². The van der Waals surface area contributed by atoms with Crippen molar-refractivity contribution in [3.63, 3.8) is 0 Å². The van der Waals surface area contributed by atoms with Crippen LogP contribution in [0, 0.1) is 5.92 Å². The van der Waals surface area contributed by atoms with Crippen molar-refractivity contribution in [2.75, 3.05) is 4.90 Å². The van der Waals surface area contributed by atoms with E-state index in [0.717, 1.165) is 46.7 Å². The standard InChI is InChI=1S/C19H17ClN2OS/c20-14-9-11-15(12-10-14)22(18(23)13-5-1-2-6-13)19-21-16-7-3-4-8-17(16)24-19/h3-4,7-13H,1-2,5-6H2. The quantitative estimate of drug-likeness (QED) is 0.593. The number of benzene rings is 2. The van der Waals surface area contributed by atoms with Crippen molar-refractivity contribution >= 4 is 49.9 Å². The Labute approximate surface area is 149 Å². The van der Waals surface area contributed by atoms with Crippen molar-refractivity contribution in [1.82, 2.24) is 4.98 Å². The average molecular weight is 357 g/mol. The highest BCUT2D eigenvalue weighted by molar-refractivity contribution is 7.22. The first-order valence-corrected chi connectivity index (χ1v) is 9.37. The molecule has 4 rings (SSSR count). The number of fused-ring (bicyclic) bond motifs is 1. The van der Waals surface area contributed by atoms with E-state index in [1.807, 2.05) is 48.5 Å². The number of carbonyl (C=O) groups is 1. The third kappa shape index (κ3) is 2.92. The summed E-state index contributed by atoms with van der Waals surface area (Å²) in [5.41, 5.74) is 1.76. The molecule has 1 amide bonds. The van der Waals surface area contributed by atoms with E-state index in [9.17, 15) is 4.79 Å². The molecular weight excluding hydrogens is 340 g/mol. The first-order chi connectivity index (χ1) is 11.7. The van der Waals surface area contributed by atoms with E-state index in [0.29, 0.717) is 5.02 Å². The fourth-order valence-corrected chi connectivity index (χ4v) is 4.35. The molecule has 0 unspecified atom stereocenters. The van der Waals surface area contributed by atoms with Gasteiger partial charge in [-0.3, -0.25) is 9.69 Å². The molecule has 0 spiro atoms. The van der Waals surface area contributed by atoms with Gasteiger partial charge < -0.3 is 0 Å². The van der Waals surface area contributed by atoms with Crippen LogP contribution in [0.1, 0.15) is 25.7 Å². The summed E-state index contributed by atoms with van der Waals surface area (Å²) in [5.74, 6) is 0.238. The van der Waals surface area contributed by atoms with Crippen LogP contribution < -0.4 is 4.90 Å². The first kappa shape index (κ1) is 15.6. The molecular formula is C19H17ClN2OS. The van der Waals surface area contributed by atoms with Gasteiger partial charge in [0.15, 0.2) is 5.13 Å². The Morgan fingerprint density at radius 2 is 1.79 bits per heavy atom. The topological polar surface area (TPSA) is 33.2 Å². The second kappa shape index (κ2) is 6.54. The van der Waals surface area contributed by atoms with Gasteiger partial charge in [0.25, 0.3) is 0 Å². The van der Waals surface area contributed by atoms with Crippen LogP contribution in [0.4, 0.5) is 10.8 Å². The van der Waals surface area contributed by atoms with E-state index in [2.05, 4.69) is 0 Å². The summed E-state index contributed by atoms with van der Waals surface area (Å²) < 4.78 is 1.09. The molecule has 24 heavy (non-hydrogen) atoms. The number of carbonyl (C=O) groups excluding carboxylic acids is 1. The van der Waals surface area contributed by atoms with E-state index in [1.54, 1.807) is 16.2 Å². The highest BCUT2D eigenvalue weighted by Crippen LogP contribution is 2.37. The Bertz CT molecular complexity index is 835. The van der Waals surface area contributed by atoms with Crippen molar-refractivity contribution in [3.8, 4) is 0 Å². The Balaban J connectivity index is 1.79. The molecule has 1 saturated carbocycles. The summed E-state index contributed by atoms with van der Waals surface area (Å²) in [7, 11) is 0. The summed E-state index contributed by atoms with van der Waals surface area (Å²) in [6, 6.07) is 15.4. The highest BCUT2D eigenvalue weighted by atomic mass is 35.5. The summed E-state index contributed by atoms with van der Waals surface area (Å²) in [5, 5.41) is 1.40. The Morgan fingerprint density at radius 1 is 1.08 bits per heavy atom. The third-order valence-electron chi connectivity index (χ3n) is 4.48. The lowest BCUT2D eigenvalue weighted by Crippen LogP contribution is -2.31. The van der Waals surface area contributed by atoms with Crippen molar-refractivity contribution in [2.45, 2.75) is 25.7 Å². The molecule has 1 aliphatic carbocycles. The van der Waals surface area contributed by atoms with Gasteiger partial charge in [0, 0.05) is 10.9 Å². The maximum Gasteiger partial charge on any atom is 0.236 e. The molecule has 5 heteroatoms. The van der Waals surface area contributed by atoms with Gasteiger partial charge in [-0.05, 0) is 49.2 Å². The third-order valence-corrected chi connectivity index (χ3v) is 5.76. The van der Waals surface area contributed by atoms with Crippen LogP contribution in [0.2, 0.25) is 5.02 Å². The van der Waals surface area contributed by atoms with E-state index < -0.39 is 0 Å². The highest BCUT2D eigenvalue weighted by Gasteiger charge is 2.30. The lowest BCUT2D eigenvalue weighted by atomic mass is 10.1. The second-order valence-electron chi connectivity index (χ2n) is 6.10. The second-order valence-corrected chi connectivity index (χ2v) is 7.54. The molecule has 122 valence electrons. The number of para-hydroxylation sites is 1. The largest absolute Gasteiger partial charge is 0.274 e. The molecule has 2 aromatic carbocycles. The van der Waals surface area contributed by atoms with Crippen molar-refractivity contribution < 1.29 is 4.79 Å². The smallest absolute Gasteiger partial charge is 0.236 e. The van der Waals surface area contributed by atoms with Crippen LogP contribution in [0.15, 0.2) is 48.5 Å². The lowest BCUT2D eigenvalue weighted by Gasteiger charge is -2.23. The zero-order valence-corrected chi connectivity index (χ0v) is 14.7. The molecule has 3 nitrogen and oxygen atoms in total. The Kier molecular flexibility index (Phi) is 4.25. The van der Waals surface area contributed by atoms with Gasteiger partial charge in [0.2, 0.25) is 5.91 Å². The van der Waals surface area contributed by atoms with Crippen LogP contribution in [0.25, 0.3) is 10.2 Å². The Hall–Kier alpha value is -1.91. The number of aromatic nitrogens is 1. The molecule has 0 radical (unpaired) electrons. The van der Waals surface area contributed by atoms with Crippen LogP contribution in [-0.2, 0) is 4.79 Å². The van der Waals surface area contributed by atoms with E-state index in [-0.39, 0.29) is 11.8 Å². The van der Waals surface area contributed by atoms with E-state index in [1.165, 1.54) is 0 Å². The number of rotatable bonds is 3. The number of hydrogen-bond acceptors (Lipinski definition) is 3. The molecule has 0 N–H and O–H groups in total. The number of thiazole rings is 1. The molecule has 0 saturated heterocycles. The minimum Gasteiger partial charge on any atom is -0.274 e. The van der Waals surface area contributed by atoms with Crippen molar-refractivity contribution in [2.24, 2.45) is 5.92 Å². The summed E-state index contributed by atoms with van der Waals surface area (Å²) in [4.78, 5) is 19.6. The molecule has 0 bridgehead atoms. The number of halogens is 1. The van der Waals surface area contributed by atoms with Gasteiger partial charge in [-0.1, -0.05) is 47.9 Å².